The highest BCUT2D eigenvalue weighted by Gasteiger charge is 2.11. The van der Waals surface area contributed by atoms with Gasteiger partial charge < -0.3 is 5.73 Å². The van der Waals surface area contributed by atoms with Crippen molar-refractivity contribution < 1.29 is 0 Å². The van der Waals surface area contributed by atoms with Crippen molar-refractivity contribution in [3.63, 3.8) is 0 Å². The van der Waals surface area contributed by atoms with Crippen LogP contribution in [0.25, 0.3) is 21.6 Å². The first kappa shape index (κ1) is 11.6. The number of rotatable bonds is 1. The minimum absolute atomic E-state index is 0.354. The normalized spacial score (nSPS) is 11.0. The molecule has 0 unspecified atom stereocenters. The minimum atomic E-state index is 0.354. The van der Waals surface area contributed by atoms with Gasteiger partial charge in [-0.2, -0.15) is 0 Å². The van der Waals surface area contributed by atoms with E-state index in [1.165, 1.54) is 11.3 Å². The second kappa shape index (κ2) is 4.35. The van der Waals surface area contributed by atoms with Crippen LogP contribution in [-0.2, 0) is 0 Å². The van der Waals surface area contributed by atoms with Gasteiger partial charge in [0.2, 0.25) is 0 Å². The molecule has 3 rings (SSSR count). The Balaban J connectivity index is 2.34. The number of benzene rings is 1. The van der Waals surface area contributed by atoms with Crippen LogP contribution in [0.4, 0.5) is 5.82 Å². The second-order valence-electron chi connectivity index (χ2n) is 3.58. The Bertz CT molecular complexity index is 727. The fourth-order valence-electron chi connectivity index (χ4n) is 1.62. The molecule has 0 atom stereocenters. The molecule has 0 bridgehead atoms. The first-order valence-corrected chi connectivity index (χ1v) is 6.60. The number of aromatic nitrogens is 3. The molecule has 0 saturated heterocycles. The van der Waals surface area contributed by atoms with Gasteiger partial charge in [0, 0.05) is 16.6 Å². The van der Waals surface area contributed by atoms with Gasteiger partial charge in [-0.15, -0.1) is 11.3 Å². The van der Waals surface area contributed by atoms with Crippen molar-refractivity contribution in [3.05, 3.63) is 33.9 Å². The van der Waals surface area contributed by atoms with Crippen molar-refractivity contribution in [2.75, 3.05) is 5.73 Å². The average Bonchev–Trinajstić information content (AvgIpc) is 2.83. The molecule has 2 aromatic heterocycles. The Kier molecular flexibility index (Phi) is 2.81. The summed E-state index contributed by atoms with van der Waals surface area (Å²) in [5.74, 6) is 0.875. The summed E-state index contributed by atoms with van der Waals surface area (Å²) in [5, 5.41) is 1.62. The van der Waals surface area contributed by atoms with Crippen LogP contribution < -0.4 is 5.73 Å². The molecule has 0 amide bonds. The lowest BCUT2D eigenvalue weighted by atomic mass is 10.2. The Morgan fingerprint density at radius 2 is 2.00 bits per heavy atom. The summed E-state index contributed by atoms with van der Waals surface area (Å²) in [5.41, 5.74) is 8.22. The van der Waals surface area contributed by atoms with Crippen molar-refractivity contribution in [2.45, 2.75) is 0 Å². The largest absolute Gasteiger partial charge is 0.383 e. The van der Waals surface area contributed by atoms with E-state index in [1.807, 2.05) is 0 Å². The SMILES string of the molecule is Nc1nc(-c2cncs2)nc2c(Cl)cc(Cl)cc12. The molecule has 0 aliphatic carbocycles. The molecule has 2 N–H and O–H groups in total. The second-order valence-corrected chi connectivity index (χ2v) is 5.31. The Morgan fingerprint density at radius 1 is 1.17 bits per heavy atom. The first-order valence-electron chi connectivity index (χ1n) is 4.96. The van der Waals surface area contributed by atoms with Gasteiger partial charge in [0.25, 0.3) is 0 Å². The molecule has 0 radical (unpaired) electrons. The molecule has 0 spiro atoms. The summed E-state index contributed by atoms with van der Waals surface area (Å²) < 4.78 is 0. The van der Waals surface area contributed by atoms with Gasteiger partial charge in [-0.1, -0.05) is 23.2 Å². The standard InChI is InChI=1S/C11H6Cl2N4S/c12-5-1-6-9(7(13)2-5)16-11(17-10(6)14)8-3-15-4-18-8/h1-4H,(H2,14,16,17). The zero-order valence-corrected chi connectivity index (χ0v) is 11.2. The maximum absolute atomic E-state index is 6.13. The number of anilines is 1. The van der Waals surface area contributed by atoms with Crippen LogP contribution in [0.15, 0.2) is 23.8 Å². The van der Waals surface area contributed by atoms with E-state index in [2.05, 4.69) is 15.0 Å². The number of fused-ring (bicyclic) bond motifs is 1. The monoisotopic (exact) mass is 296 g/mol. The highest BCUT2D eigenvalue weighted by Crippen LogP contribution is 2.31. The Morgan fingerprint density at radius 3 is 2.72 bits per heavy atom. The third-order valence-corrected chi connectivity index (χ3v) is 3.68. The molecule has 1 aromatic carbocycles. The van der Waals surface area contributed by atoms with Crippen molar-refractivity contribution in [1.29, 1.82) is 0 Å². The van der Waals surface area contributed by atoms with Crippen LogP contribution in [0.5, 0.6) is 0 Å². The highest BCUT2D eigenvalue weighted by molar-refractivity contribution is 7.13. The number of thiazole rings is 1. The van der Waals surface area contributed by atoms with E-state index in [4.69, 9.17) is 28.9 Å². The third-order valence-electron chi connectivity index (χ3n) is 2.40. The molecule has 0 aliphatic heterocycles. The first-order chi connectivity index (χ1) is 8.65. The van der Waals surface area contributed by atoms with E-state index in [-0.39, 0.29) is 0 Å². The van der Waals surface area contributed by atoms with E-state index < -0.39 is 0 Å². The lowest BCUT2D eigenvalue weighted by molar-refractivity contribution is 1.24. The predicted octanol–water partition coefficient (Wildman–Crippen LogP) is 3.64. The molecular formula is C11H6Cl2N4S. The van der Waals surface area contributed by atoms with Crippen LogP contribution >= 0.6 is 34.5 Å². The number of nitrogens with two attached hydrogens (primary N) is 1. The fraction of sp³-hybridized carbons (Fsp3) is 0. The summed E-state index contributed by atoms with van der Waals surface area (Å²) in [6.07, 6.45) is 1.69. The summed E-state index contributed by atoms with van der Waals surface area (Å²) >= 11 is 13.5. The molecule has 0 fully saturated rings. The van der Waals surface area contributed by atoms with E-state index in [0.717, 1.165) is 4.88 Å². The Hall–Kier alpha value is -1.43. The molecule has 7 heteroatoms. The van der Waals surface area contributed by atoms with Crippen molar-refractivity contribution >= 4 is 51.3 Å². The minimum Gasteiger partial charge on any atom is -0.383 e. The maximum Gasteiger partial charge on any atom is 0.173 e. The summed E-state index contributed by atoms with van der Waals surface area (Å²) in [4.78, 5) is 13.5. The number of nitrogen functional groups attached to an aromatic ring is 1. The molecule has 0 aliphatic rings. The van der Waals surface area contributed by atoms with Crippen molar-refractivity contribution in [3.8, 4) is 10.7 Å². The van der Waals surface area contributed by atoms with Crippen molar-refractivity contribution in [1.82, 2.24) is 15.0 Å². The average molecular weight is 297 g/mol. The van der Waals surface area contributed by atoms with E-state index in [0.29, 0.717) is 32.6 Å². The van der Waals surface area contributed by atoms with Gasteiger partial charge in [0.05, 0.1) is 20.9 Å². The zero-order chi connectivity index (χ0) is 12.7. The molecule has 4 nitrogen and oxygen atoms in total. The van der Waals surface area contributed by atoms with Gasteiger partial charge in [-0.05, 0) is 12.1 Å². The quantitative estimate of drug-likeness (QED) is 0.744. The molecule has 3 aromatic rings. The van der Waals surface area contributed by atoms with Gasteiger partial charge >= 0.3 is 0 Å². The predicted molar refractivity (Wildman–Crippen MR) is 75.1 cm³/mol. The van der Waals surface area contributed by atoms with Crippen molar-refractivity contribution in [2.24, 2.45) is 0 Å². The molecule has 0 saturated carbocycles. The number of hydrogen-bond donors (Lipinski definition) is 1. The lowest BCUT2D eigenvalue weighted by Crippen LogP contribution is -1.97. The summed E-state index contributed by atoms with van der Waals surface area (Å²) in [6.45, 7) is 0. The fourth-order valence-corrected chi connectivity index (χ4v) is 2.71. The third kappa shape index (κ3) is 1.90. The zero-order valence-electron chi connectivity index (χ0n) is 8.89. The van der Waals surface area contributed by atoms with Crippen LogP contribution in [0.1, 0.15) is 0 Å². The van der Waals surface area contributed by atoms with Gasteiger partial charge in [-0.3, -0.25) is 4.98 Å². The molecule has 18 heavy (non-hydrogen) atoms. The number of nitrogens with zero attached hydrogens (tertiary/aromatic N) is 3. The van der Waals surface area contributed by atoms with Gasteiger partial charge in [0.1, 0.15) is 5.82 Å². The molecule has 90 valence electrons. The number of hydrogen-bond acceptors (Lipinski definition) is 5. The van der Waals surface area contributed by atoms with Crippen LogP contribution in [0, 0.1) is 0 Å². The van der Waals surface area contributed by atoms with Gasteiger partial charge in [-0.25, -0.2) is 9.97 Å². The topological polar surface area (TPSA) is 64.7 Å². The highest BCUT2D eigenvalue weighted by atomic mass is 35.5. The Labute approximate surface area is 116 Å². The molecular weight excluding hydrogens is 291 g/mol. The summed E-state index contributed by atoms with van der Waals surface area (Å²) in [7, 11) is 0. The maximum atomic E-state index is 6.13. The van der Waals surface area contributed by atoms with Gasteiger partial charge in [0.15, 0.2) is 5.82 Å². The lowest BCUT2D eigenvalue weighted by Gasteiger charge is -2.05. The van der Waals surface area contributed by atoms with Crippen LogP contribution in [0.3, 0.4) is 0 Å². The van der Waals surface area contributed by atoms with E-state index >= 15 is 0 Å². The van der Waals surface area contributed by atoms with E-state index in [1.54, 1.807) is 23.8 Å². The number of halogens is 2. The van der Waals surface area contributed by atoms with E-state index in [9.17, 15) is 0 Å². The van der Waals surface area contributed by atoms with Crippen LogP contribution in [0.2, 0.25) is 10.0 Å². The smallest absolute Gasteiger partial charge is 0.173 e. The molecule has 2 heterocycles. The summed E-state index contributed by atoms with van der Waals surface area (Å²) in [6, 6.07) is 3.34. The van der Waals surface area contributed by atoms with Crippen LogP contribution in [-0.4, -0.2) is 15.0 Å².